The summed E-state index contributed by atoms with van der Waals surface area (Å²) in [7, 11) is 0. The molecule has 0 aliphatic carbocycles. The lowest BCUT2D eigenvalue weighted by Gasteiger charge is -2.04. The third kappa shape index (κ3) is 3.25. The van der Waals surface area contributed by atoms with Crippen molar-refractivity contribution >= 4 is 11.8 Å². The highest BCUT2D eigenvalue weighted by Gasteiger charge is 2.10. The van der Waals surface area contributed by atoms with Crippen molar-refractivity contribution in [1.29, 1.82) is 0 Å². The van der Waals surface area contributed by atoms with Crippen LogP contribution in [0.25, 0.3) is 0 Å². The standard InChI is InChI=1S/C13H12FN3O2/c14-9-4-1-8(2-5-9)3-6-11-16-7-10(13(18)19)12(15)17-11/h1-2,4-5,7H,3,6H2,(H,18,19)(H2,15,16,17). The number of nitrogens with zero attached hydrogens (tertiary/aromatic N) is 2. The van der Waals surface area contributed by atoms with E-state index in [1.807, 2.05) is 0 Å². The first-order valence-electron chi connectivity index (χ1n) is 5.65. The molecule has 1 aromatic heterocycles. The Morgan fingerprint density at radius 3 is 2.53 bits per heavy atom. The molecule has 0 radical (unpaired) electrons. The molecule has 2 rings (SSSR count). The van der Waals surface area contributed by atoms with Gasteiger partial charge < -0.3 is 10.8 Å². The van der Waals surface area contributed by atoms with Crippen LogP contribution in [-0.2, 0) is 12.8 Å². The van der Waals surface area contributed by atoms with Gasteiger partial charge in [0.25, 0.3) is 0 Å². The Balaban J connectivity index is 2.06. The van der Waals surface area contributed by atoms with Crippen LogP contribution in [-0.4, -0.2) is 21.0 Å². The Kier molecular flexibility index (Phi) is 3.70. The first kappa shape index (κ1) is 12.9. The Labute approximate surface area is 108 Å². The van der Waals surface area contributed by atoms with Gasteiger partial charge in [-0.3, -0.25) is 0 Å². The number of nitrogen functional groups attached to an aromatic ring is 1. The van der Waals surface area contributed by atoms with Crippen molar-refractivity contribution in [2.45, 2.75) is 12.8 Å². The molecule has 0 aliphatic rings. The molecule has 0 saturated heterocycles. The molecule has 2 aromatic rings. The molecule has 19 heavy (non-hydrogen) atoms. The maximum Gasteiger partial charge on any atom is 0.341 e. The van der Waals surface area contributed by atoms with E-state index in [9.17, 15) is 9.18 Å². The maximum atomic E-state index is 12.7. The third-order valence-corrected chi connectivity index (χ3v) is 2.65. The van der Waals surface area contributed by atoms with Gasteiger partial charge in [-0.15, -0.1) is 0 Å². The number of hydrogen-bond donors (Lipinski definition) is 2. The lowest BCUT2D eigenvalue weighted by molar-refractivity contribution is 0.0697. The van der Waals surface area contributed by atoms with Gasteiger partial charge in [-0.25, -0.2) is 19.2 Å². The number of nitrogens with two attached hydrogens (primary N) is 1. The van der Waals surface area contributed by atoms with Gasteiger partial charge in [0.1, 0.15) is 23.0 Å². The molecule has 0 spiro atoms. The zero-order valence-electron chi connectivity index (χ0n) is 10.0. The molecule has 0 atom stereocenters. The smallest absolute Gasteiger partial charge is 0.341 e. The van der Waals surface area contributed by atoms with Gasteiger partial charge in [0.05, 0.1) is 0 Å². The second-order valence-electron chi connectivity index (χ2n) is 4.02. The molecule has 0 amide bonds. The van der Waals surface area contributed by atoms with Crippen LogP contribution < -0.4 is 5.73 Å². The van der Waals surface area contributed by atoms with Crippen molar-refractivity contribution in [3.8, 4) is 0 Å². The molecular weight excluding hydrogens is 249 g/mol. The lowest BCUT2D eigenvalue weighted by atomic mass is 10.1. The van der Waals surface area contributed by atoms with Crippen LogP contribution in [0, 0.1) is 5.82 Å². The van der Waals surface area contributed by atoms with E-state index in [1.165, 1.54) is 18.3 Å². The second-order valence-corrected chi connectivity index (χ2v) is 4.02. The number of carboxylic acid groups (broad SMARTS) is 1. The molecule has 98 valence electrons. The first-order valence-corrected chi connectivity index (χ1v) is 5.65. The van der Waals surface area contributed by atoms with E-state index in [2.05, 4.69) is 9.97 Å². The Morgan fingerprint density at radius 1 is 1.26 bits per heavy atom. The van der Waals surface area contributed by atoms with Gasteiger partial charge in [-0.05, 0) is 24.1 Å². The average molecular weight is 261 g/mol. The number of anilines is 1. The van der Waals surface area contributed by atoms with Crippen LogP contribution in [0.2, 0.25) is 0 Å². The molecule has 0 saturated carbocycles. The molecule has 6 heteroatoms. The molecule has 0 bridgehead atoms. The predicted octanol–water partition coefficient (Wildman–Crippen LogP) is 1.68. The van der Waals surface area contributed by atoms with E-state index >= 15 is 0 Å². The summed E-state index contributed by atoms with van der Waals surface area (Å²) in [6.45, 7) is 0. The SMILES string of the molecule is Nc1nc(CCc2ccc(F)cc2)ncc1C(=O)O. The van der Waals surface area contributed by atoms with Crippen LogP contribution >= 0.6 is 0 Å². The minimum Gasteiger partial charge on any atom is -0.477 e. The van der Waals surface area contributed by atoms with Crippen LogP contribution in [0.3, 0.4) is 0 Å². The predicted molar refractivity (Wildman–Crippen MR) is 67.2 cm³/mol. The highest BCUT2D eigenvalue weighted by Crippen LogP contribution is 2.10. The topological polar surface area (TPSA) is 89.1 Å². The number of aryl methyl sites for hydroxylation is 2. The van der Waals surface area contributed by atoms with Crippen LogP contribution in [0.15, 0.2) is 30.5 Å². The van der Waals surface area contributed by atoms with E-state index in [0.29, 0.717) is 18.7 Å². The van der Waals surface area contributed by atoms with Crippen molar-refractivity contribution < 1.29 is 14.3 Å². The van der Waals surface area contributed by atoms with Crippen molar-refractivity contribution in [1.82, 2.24) is 9.97 Å². The summed E-state index contributed by atoms with van der Waals surface area (Å²) in [4.78, 5) is 18.6. The summed E-state index contributed by atoms with van der Waals surface area (Å²) >= 11 is 0. The van der Waals surface area contributed by atoms with Crippen LogP contribution in [0.1, 0.15) is 21.7 Å². The third-order valence-electron chi connectivity index (χ3n) is 2.65. The quantitative estimate of drug-likeness (QED) is 0.874. The van der Waals surface area contributed by atoms with Gasteiger partial charge in [0.15, 0.2) is 0 Å². The highest BCUT2D eigenvalue weighted by atomic mass is 19.1. The summed E-state index contributed by atoms with van der Waals surface area (Å²) in [6, 6.07) is 6.14. The number of hydrogen-bond acceptors (Lipinski definition) is 4. The fourth-order valence-corrected chi connectivity index (χ4v) is 1.63. The van der Waals surface area contributed by atoms with Crippen molar-refractivity contribution in [3.05, 3.63) is 53.2 Å². The monoisotopic (exact) mass is 261 g/mol. The number of rotatable bonds is 4. The fourth-order valence-electron chi connectivity index (χ4n) is 1.63. The molecule has 1 aromatic carbocycles. The van der Waals surface area contributed by atoms with E-state index in [4.69, 9.17) is 10.8 Å². The summed E-state index contributed by atoms with van der Waals surface area (Å²) in [5, 5.41) is 8.79. The molecule has 5 nitrogen and oxygen atoms in total. The van der Waals surface area contributed by atoms with E-state index in [-0.39, 0.29) is 17.2 Å². The largest absolute Gasteiger partial charge is 0.477 e. The van der Waals surface area contributed by atoms with Crippen LogP contribution in [0.5, 0.6) is 0 Å². The minimum atomic E-state index is -1.15. The number of aromatic nitrogens is 2. The summed E-state index contributed by atoms with van der Waals surface area (Å²) in [5.41, 5.74) is 6.37. The zero-order chi connectivity index (χ0) is 13.8. The Bertz CT molecular complexity index is 599. The molecule has 1 heterocycles. The van der Waals surface area contributed by atoms with E-state index in [0.717, 1.165) is 5.56 Å². The lowest BCUT2D eigenvalue weighted by Crippen LogP contribution is -2.09. The van der Waals surface area contributed by atoms with Crippen molar-refractivity contribution in [3.63, 3.8) is 0 Å². The molecular formula is C13H12FN3O2. The molecule has 0 unspecified atom stereocenters. The van der Waals surface area contributed by atoms with Crippen molar-refractivity contribution in [2.75, 3.05) is 5.73 Å². The Hall–Kier alpha value is -2.50. The highest BCUT2D eigenvalue weighted by molar-refractivity contribution is 5.92. The van der Waals surface area contributed by atoms with Gasteiger partial charge in [-0.1, -0.05) is 12.1 Å². The normalized spacial score (nSPS) is 10.4. The van der Waals surface area contributed by atoms with Gasteiger partial charge >= 0.3 is 5.97 Å². The molecule has 0 fully saturated rings. The summed E-state index contributed by atoms with van der Waals surface area (Å²) in [5.74, 6) is -1.01. The second kappa shape index (κ2) is 5.43. The number of benzene rings is 1. The van der Waals surface area contributed by atoms with Gasteiger partial charge in [0, 0.05) is 12.6 Å². The Morgan fingerprint density at radius 2 is 1.95 bits per heavy atom. The zero-order valence-corrected chi connectivity index (χ0v) is 10.0. The first-order chi connectivity index (χ1) is 9.06. The van der Waals surface area contributed by atoms with E-state index < -0.39 is 5.97 Å². The average Bonchev–Trinajstić information content (AvgIpc) is 2.37. The van der Waals surface area contributed by atoms with Crippen molar-refractivity contribution in [2.24, 2.45) is 0 Å². The minimum absolute atomic E-state index is 0.0448. The van der Waals surface area contributed by atoms with Gasteiger partial charge in [0.2, 0.25) is 0 Å². The molecule has 3 N–H and O–H groups in total. The number of carboxylic acids is 1. The maximum absolute atomic E-state index is 12.7. The number of halogens is 1. The summed E-state index contributed by atoms with van der Waals surface area (Å²) < 4.78 is 12.7. The van der Waals surface area contributed by atoms with Gasteiger partial charge in [-0.2, -0.15) is 0 Å². The number of carbonyl (C=O) groups is 1. The van der Waals surface area contributed by atoms with Crippen LogP contribution in [0.4, 0.5) is 10.2 Å². The molecule has 0 aliphatic heterocycles. The number of aromatic carboxylic acids is 1. The van der Waals surface area contributed by atoms with E-state index in [1.54, 1.807) is 12.1 Å². The fraction of sp³-hybridized carbons (Fsp3) is 0.154. The summed E-state index contributed by atoms with van der Waals surface area (Å²) in [6.07, 6.45) is 2.34.